The standard InChI is InChI=1S/C25H19ClN4O2S/c1-14-8-9-17(26)12-20(14)28-21(31)13-30-15(2)27-22-18-10-11-19(16-6-4-3-5-7-16)29-24(18)33-23(22)25(30)32/h3-12H,13H2,1-2H3,(H,28,31). The van der Waals surface area contributed by atoms with E-state index in [1.54, 1.807) is 19.1 Å². The van der Waals surface area contributed by atoms with Crippen LogP contribution in [0.3, 0.4) is 0 Å². The lowest BCUT2D eigenvalue weighted by molar-refractivity contribution is -0.116. The second kappa shape index (κ2) is 8.42. The summed E-state index contributed by atoms with van der Waals surface area (Å²) in [6, 6.07) is 19.1. The molecule has 0 aliphatic heterocycles. The zero-order valence-electron chi connectivity index (χ0n) is 17.9. The maximum absolute atomic E-state index is 13.3. The van der Waals surface area contributed by atoms with Gasteiger partial charge in [0, 0.05) is 21.7 Å². The molecule has 3 heterocycles. The van der Waals surface area contributed by atoms with Gasteiger partial charge >= 0.3 is 0 Å². The van der Waals surface area contributed by atoms with Gasteiger partial charge in [0.25, 0.3) is 5.56 Å². The summed E-state index contributed by atoms with van der Waals surface area (Å²) in [5.41, 5.74) is 3.71. The average Bonchev–Trinajstić information content (AvgIpc) is 3.17. The Morgan fingerprint density at radius 2 is 1.85 bits per heavy atom. The van der Waals surface area contributed by atoms with Crippen molar-refractivity contribution in [3.05, 3.63) is 87.4 Å². The number of thiophene rings is 1. The quantitative estimate of drug-likeness (QED) is 0.368. The SMILES string of the molecule is Cc1ccc(Cl)cc1NC(=O)Cn1c(C)nc2c(sc3nc(-c4ccccc4)ccc32)c1=O. The number of pyridine rings is 1. The number of aromatic nitrogens is 3. The van der Waals surface area contributed by atoms with E-state index >= 15 is 0 Å². The number of rotatable bonds is 4. The first-order valence-corrected chi connectivity index (χ1v) is 11.5. The highest BCUT2D eigenvalue weighted by Crippen LogP contribution is 2.31. The van der Waals surface area contributed by atoms with Crippen molar-refractivity contribution in [2.45, 2.75) is 20.4 Å². The fourth-order valence-electron chi connectivity index (χ4n) is 3.73. The topological polar surface area (TPSA) is 76.9 Å². The van der Waals surface area contributed by atoms with Gasteiger partial charge in [-0.25, -0.2) is 9.97 Å². The second-order valence-electron chi connectivity index (χ2n) is 7.75. The number of anilines is 1. The van der Waals surface area contributed by atoms with Crippen LogP contribution in [0.4, 0.5) is 5.69 Å². The largest absolute Gasteiger partial charge is 0.324 e. The number of hydrogen-bond acceptors (Lipinski definition) is 5. The molecule has 0 atom stereocenters. The van der Waals surface area contributed by atoms with Gasteiger partial charge in [-0.15, -0.1) is 11.3 Å². The normalized spacial score (nSPS) is 11.2. The molecule has 0 unspecified atom stereocenters. The van der Waals surface area contributed by atoms with E-state index in [1.807, 2.05) is 55.5 Å². The summed E-state index contributed by atoms with van der Waals surface area (Å²) in [5.74, 6) is 0.148. The Labute approximate surface area is 198 Å². The monoisotopic (exact) mass is 474 g/mol. The minimum atomic E-state index is -0.322. The number of hydrogen-bond donors (Lipinski definition) is 1. The van der Waals surface area contributed by atoms with E-state index in [0.29, 0.717) is 26.8 Å². The second-order valence-corrected chi connectivity index (χ2v) is 9.19. The van der Waals surface area contributed by atoms with Crippen LogP contribution in [-0.4, -0.2) is 20.4 Å². The molecule has 0 aliphatic rings. The van der Waals surface area contributed by atoms with Crippen molar-refractivity contribution in [1.29, 1.82) is 0 Å². The molecule has 0 spiro atoms. The van der Waals surface area contributed by atoms with E-state index < -0.39 is 0 Å². The summed E-state index contributed by atoms with van der Waals surface area (Å²) in [7, 11) is 0. The maximum Gasteiger partial charge on any atom is 0.272 e. The Morgan fingerprint density at radius 3 is 2.64 bits per heavy atom. The minimum Gasteiger partial charge on any atom is -0.324 e. The molecule has 0 aliphatic carbocycles. The first-order valence-electron chi connectivity index (χ1n) is 10.3. The third kappa shape index (κ3) is 4.01. The van der Waals surface area contributed by atoms with Crippen LogP contribution in [0.2, 0.25) is 5.02 Å². The lowest BCUT2D eigenvalue weighted by Gasteiger charge is -2.12. The van der Waals surface area contributed by atoms with E-state index in [2.05, 4.69) is 10.3 Å². The molecule has 1 amide bonds. The molecule has 6 nitrogen and oxygen atoms in total. The van der Waals surface area contributed by atoms with Crippen molar-refractivity contribution < 1.29 is 4.79 Å². The summed E-state index contributed by atoms with van der Waals surface area (Å²) in [4.78, 5) is 36.1. The van der Waals surface area contributed by atoms with Crippen LogP contribution in [0.1, 0.15) is 11.4 Å². The predicted octanol–water partition coefficient (Wildman–Crippen LogP) is 5.58. The van der Waals surface area contributed by atoms with Gasteiger partial charge in [0.15, 0.2) is 0 Å². The molecule has 0 bridgehead atoms. The first-order chi connectivity index (χ1) is 15.9. The van der Waals surface area contributed by atoms with Crippen molar-refractivity contribution in [2.75, 3.05) is 5.32 Å². The fraction of sp³-hybridized carbons (Fsp3) is 0.120. The average molecular weight is 475 g/mol. The number of amides is 1. The van der Waals surface area contributed by atoms with Gasteiger partial charge in [0.1, 0.15) is 21.9 Å². The van der Waals surface area contributed by atoms with Gasteiger partial charge in [-0.3, -0.25) is 14.2 Å². The molecule has 0 saturated carbocycles. The highest BCUT2D eigenvalue weighted by molar-refractivity contribution is 7.25. The smallest absolute Gasteiger partial charge is 0.272 e. The molecule has 0 saturated heterocycles. The highest BCUT2D eigenvalue weighted by atomic mass is 35.5. The minimum absolute atomic E-state index is 0.142. The molecular formula is C25H19ClN4O2S. The molecule has 5 rings (SSSR count). The Balaban J connectivity index is 1.52. The molecule has 33 heavy (non-hydrogen) atoms. The zero-order chi connectivity index (χ0) is 23.1. The summed E-state index contributed by atoms with van der Waals surface area (Å²) >= 11 is 7.34. The first kappa shape index (κ1) is 21.3. The van der Waals surface area contributed by atoms with Crippen LogP contribution in [0.25, 0.3) is 31.7 Å². The van der Waals surface area contributed by atoms with Gasteiger partial charge in [-0.1, -0.05) is 48.0 Å². The van der Waals surface area contributed by atoms with Crippen LogP contribution >= 0.6 is 22.9 Å². The lowest BCUT2D eigenvalue weighted by Crippen LogP contribution is -2.29. The molecule has 0 radical (unpaired) electrons. The number of halogens is 1. The number of nitrogens with one attached hydrogen (secondary N) is 1. The van der Waals surface area contributed by atoms with Crippen molar-refractivity contribution >= 4 is 55.0 Å². The fourth-order valence-corrected chi connectivity index (χ4v) is 4.97. The number of carbonyl (C=O) groups excluding carboxylic acids is 1. The predicted molar refractivity (Wildman–Crippen MR) is 134 cm³/mol. The Morgan fingerprint density at radius 1 is 1.06 bits per heavy atom. The molecule has 3 aromatic heterocycles. The van der Waals surface area contributed by atoms with Crippen molar-refractivity contribution in [3.63, 3.8) is 0 Å². The third-order valence-corrected chi connectivity index (χ3v) is 6.79. The number of benzene rings is 2. The number of fused-ring (bicyclic) bond motifs is 3. The Bertz CT molecular complexity index is 1590. The summed E-state index contributed by atoms with van der Waals surface area (Å²) < 4.78 is 1.88. The molecule has 2 aromatic carbocycles. The molecular weight excluding hydrogens is 456 g/mol. The van der Waals surface area contributed by atoms with Gasteiger partial charge in [0.05, 0.1) is 11.2 Å². The summed E-state index contributed by atoms with van der Waals surface area (Å²) in [6.45, 7) is 3.47. The number of carbonyl (C=O) groups is 1. The van der Waals surface area contributed by atoms with Gasteiger partial charge in [0.2, 0.25) is 5.91 Å². The van der Waals surface area contributed by atoms with Gasteiger partial charge in [-0.2, -0.15) is 0 Å². The molecule has 1 N–H and O–H groups in total. The van der Waals surface area contributed by atoms with Crippen LogP contribution in [-0.2, 0) is 11.3 Å². The third-order valence-electron chi connectivity index (χ3n) is 5.48. The molecule has 8 heteroatoms. The van der Waals surface area contributed by atoms with Crippen molar-refractivity contribution in [1.82, 2.24) is 14.5 Å². The molecule has 5 aromatic rings. The van der Waals surface area contributed by atoms with Gasteiger partial charge < -0.3 is 5.32 Å². The Hall–Kier alpha value is -3.55. The lowest BCUT2D eigenvalue weighted by atomic mass is 10.1. The van der Waals surface area contributed by atoms with E-state index in [1.165, 1.54) is 15.9 Å². The number of nitrogens with zero attached hydrogens (tertiary/aromatic N) is 3. The maximum atomic E-state index is 13.3. The molecule has 164 valence electrons. The van der Waals surface area contributed by atoms with E-state index in [4.69, 9.17) is 16.6 Å². The van der Waals surface area contributed by atoms with Crippen LogP contribution in [0, 0.1) is 13.8 Å². The highest BCUT2D eigenvalue weighted by Gasteiger charge is 2.17. The van der Waals surface area contributed by atoms with Gasteiger partial charge in [-0.05, 0) is 43.7 Å². The van der Waals surface area contributed by atoms with Crippen LogP contribution in [0.5, 0.6) is 0 Å². The van der Waals surface area contributed by atoms with Crippen molar-refractivity contribution in [3.8, 4) is 11.3 Å². The molecule has 0 fully saturated rings. The number of aryl methyl sites for hydroxylation is 2. The van der Waals surface area contributed by atoms with Crippen molar-refractivity contribution in [2.24, 2.45) is 0 Å². The van der Waals surface area contributed by atoms with E-state index in [9.17, 15) is 9.59 Å². The summed E-state index contributed by atoms with van der Waals surface area (Å²) in [5, 5.41) is 4.20. The Kier molecular flexibility index (Phi) is 5.44. The van der Waals surface area contributed by atoms with E-state index in [0.717, 1.165) is 27.0 Å². The zero-order valence-corrected chi connectivity index (χ0v) is 19.5. The summed E-state index contributed by atoms with van der Waals surface area (Å²) in [6.07, 6.45) is 0. The van der Waals surface area contributed by atoms with Crippen LogP contribution < -0.4 is 10.9 Å². The van der Waals surface area contributed by atoms with Crippen LogP contribution in [0.15, 0.2) is 65.5 Å². The van der Waals surface area contributed by atoms with E-state index in [-0.39, 0.29) is 18.0 Å².